The number of hydrogen-bond acceptors (Lipinski definition) is 0. The van der Waals surface area contributed by atoms with Crippen molar-refractivity contribution >= 4 is 10.9 Å². The first-order valence-corrected chi connectivity index (χ1v) is 5.89. The zero-order valence-electron chi connectivity index (χ0n) is 9.24. The van der Waals surface area contributed by atoms with E-state index in [9.17, 15) is 0 Å². The van der Waals surface area contributed by atoms with E-state index in [-0.39, 0.29) is 0 Å². The molecule has 0 unspecified atom stereocenters. The summed E-state index contributed by atoms with van der Waals surface area (Å²) in [6.45, 7) is 3.38. The van der Waals surface area contributed by atoms with Crippen LogP contribution in [0.25, 0.3) is 10.9 Å². The molecule has 1 saturated carbocycles. The van der Waals surface area contributed by atoms with Crippen LogP contribution in [0.2, 0.25) is 0 Å². The second kappa shape index (κ2) is 3.41. The Kier molecular flexibility index (Phi) is 2.05. The normalized spacial score (nSPS) is 16.1. The van der Waals surface area contributed by atoms with Crippen LogP contribution in [-0.4, -0.2) is 4.57 Å². The minimum Gasteiger partial charge on any atom is -0.347 e. The van der Waals surface area contributed by atoms with Gasteiger partial charge in [-0.25, -0.2) is 0 Å². The van der Waals surface area contributed by atoms with Gasteiger partial charge in [0.1, 0.15) is 0 Å². The molecule has 1 fully saturated rings. The van der Waals surface area contributed by atoms with E-state index in [0.717, 1.165) is 5.92 Å². The van der Waals surface area contributed by atoms with E-state index >= 15 is 0 Å². The van der Waals surface area contributed by atoms with Crippen LogP contribution >= 0.6 is 0 Å². The highest BCUT2D eigenvalue weighted by molar-refractivity contribution is 5.83. The highest BCUT2D eigenvalue weighted by Gasteiger charge is 2.20. The van der Waals surface area contributed by atoms with E-state index in [1.807, 2.05) is 0 Å². The van der Waals surface area contributed by atoms with Gasteiger partial charge in [-0.3, -0.25) is 0 Å². The fourth-order valence-electron chi connectivity index (χ4n) is 2.30. The Balaban J connectivity index is 1.92. The third-order valence-electron chi connectivity index (χ3n) is 3.51. The van der Waals surface area contributed by atoms with Gasteiger partial charge in [0.2, 0.25) is 0 Å². The van der Waals surface area contributed by atoms with E-state index in [1.165, 1.54) is 42.3 Å². The summed E-state index contributed by atoms with van der Waals surface area (Å²) < 4.78 is 2.40. The highest BCUT2D eigenvalue weighted by Crippen LogP contribution is 2.33. The van der Waals surface area contributed by atoms with Crippen molar-refractivity contribution in [3.8, 4) is 0 Å². The molecule has 1 heterocycles. The van der Waals surface area contributed by atoms with Crippen LogP contribution in [0.5, 0.6) is 0 Å². The molecule has 0 spiro atoms. The van der Waals surface area contributed by atoms with Crippen molar-refractivity contribution in [1.29, 1.82) is 0 Å². The zero-order valence-corrected chi connectivity index (χ0v) is 9.24. The predicted octanol–water partition coefficient (Wildman–Crippen LogP) is 3.75. The molecule has 0 atom stereocenters. The Morgan fingerprint density at radius 3 is 2.93 bits per heavy atom. The van der Waals surface area contributed by atoms with Crippen LogP contribution < -0.4 is 0 Å². The molecule has 2 aromatic rings. The summed E-state index contributed by atoms with van der Waals surface area (Å²) in [7, 11) is 0. The topological polar surface area (TPSA) is 4.93 Å². The van der Waals surface area contributed by atoms with Gasteiger partial charge in [-0.2, -0.15) is 0 Å². The molecule has 1 aromatic carbocycles. The first-order chi connectivity index (χ1) is 7.34. The number of benzene rings is 1. The summed E-state index contributed by atoms with van der Waals surface area (Å²) in [5, 5.41) is 1.41. The molecule has 78 valence electrons. The number of aromatic nitrogens is 1. The first kappa shape index (κ1) is 9.02. The fraction of sp³-hybridized carbons (Fsp3) is 0.429. The van der Waals surface area contributed by atoms with E-state index in [1.54, 1.807) is 0 Å². The molecule has 1 heteroatoms. The quantitative estimate of drug-likeness (QED) is 0.709. The molecule has 1 aliphatic carbocycles. The Labute approximate surface area is 90.7 Å². The van der Waals surface area contributed by atoms with Crippen molar-refractivity contribution in [1.82, 2.24) is 4.57 Å². The maximum Gasteiger partial charge on any atom is 0.0482 e. The summed E-state index contributed by atoms with van der Waals surface area (Å²) in [6.07, 6.45) is 6.51. The van der Waals surface area contributed by atoms with Crippen LogP contribution in [0.1, 0.15) is 24.8 Å². The van der Waals surface area contributed by atoms with Gasteiger partial charge in [0, 0.05) is 23.6 Å². The zero-order chi connectivity index (χ0) is 10.3. The van der Waals surface area contributed by atoms with Gasteiger partial charge in [0.15, 0.2) is 0 Å². The maximum atomic E-state index is 2.40. The largest absolute Gasteiger partial charge is 0.347 e. The van der Waals surface area contributed by atoms with Crippen LogP contribution in [0.3, 0.4) is 0 Å². The van der Waals surface area contributed by atoms with Gasteiger partial charge in [-0.1, -0.05) is 25.0 Å². The molecule has 3 rings (SSSR count). The molecule has 0 amide bonds. The number of hydrogen-bond donors (Lipinski definition) is 0. The molecule has 0 aliphatic heterocycles. The van der Waals surface area contributed by atoms with E-state index < -0.39 is 0 Å². The maximum absolute atomic E-state index is 2.40. The molecule has 1 nitrogen and oxygen atoms in total. The Morgan fingerprint density at radius 2 is 2.13 bits per heavy atom. The molecular formula is C14H17N. The summed E-state index contributed by atoms with van der Waals surface area (Å²) in [5.41, 5.74) is 2.79. The fourth-order valence-corrected chi connectivity index (χ4v) is 2.30. The Bertz CT molecular complexity index is 477. The van der Waals surface area contributed by atoms with E-state index in [4.69, 9.17) is 0 Å². The van der Waals surface area contributed by atoms with Gasteiger partial charge in [0.05, 0.1) is 0 Å². The van der Waals surface area contributed by atoms with E-state index in [2.05, 4.69) is 42.0 Å². The minimum absolute atomic E-state index is 1.02. The van der Waals surface area contributed by atoms with Gasteiger partial charge in [-0.05, 0) is 37.0 Å². The second-order valence-electron chi connectivity index (χ2n) is 4.75. The number of aryl methyl sites for hydroxylation is 2. The van der Waals surface area contributed by atoms with Crippen LogP contribution in [0, 0.1) is 12.8 Å². The molecule has 15 heavy (non-hydrogen) atoms. The summed E-state index contributed by atoms with van der Waals surface area (Å²) in [6, 6.07) is 8.83. The lowest BCUT2D eigenvalue weighted by Gasteiger charge is -2.04. The van der Waals surface area contributed by atoms with Crippen molar-refractivity contribution < 1.29 is 0 Å². The standard InChI is InChI=1S/C14H17N/c1-11-3-2-4-14-13(11)8-10-15(14)9-7-12-5-6-12/h2-4,8,10,12H,5-7,9H2,1H3. The molecule has 1 aliphatic rings. The average Bonchev–Trinajstić information content (AvgIpc) is 2.97. The first-order valence-electron chi connectivity index (χ1n) is 5.89. The van der Waals surface area contributed by atoms with Gasteiger partial charge in [0.25, 0.3) is 0 Å². The van der Waals surface area contributed by atoms with Crippen molar-refractivity contribution in [3.63, 3.8) is 0 Å². The Morgan fingerprint density at radius 1 is 1.27 bits per heavy atom. The Hall–Kier alpha value is -1.24. The van der Waals surface area contributed by atoms with Gasteiger partial charge >= 0.3 is 0 Å². The van der Waals surface area contributed by atoms with Gasteiger partial charge in [-0.15, -0.1) is 0 Å². The third kappa shape index (κ3) is 1.67. The SMILES string of the molecule is Cc1cccc2c1ccn2CCC1CC1. The van der Waals surface area contributed by atoms with Crippen molar-refractivity contribution in [2.75, 3.05) is 0 Å². The monoisotopic (exact) mass is 199 g/mol. The van der Waals surface area contributed by atoms with Crippen LogP contribution in [0.15, 0.2) is 30.5 Å². The lowest BCUT2D eigenvalue weighted by molar-refractivity contribution is 0.611. The predicted molar refractivity (Wildman–Crippen MR) is 64.0 cm³/mol. The molecular weight excluding hydrogens is 182 g/mol. The summed E-state index contributed by atoms with van der Waals surface area (Å²) >= 11 is 0. The number of rotatable bonds is 3. The molecule has 0 saturated heterocycles. The molecule has 1 aromatic heterocycles. The third-order valence-corrected chi connectivity index (χ3v) is 3.51. The summed E-state index contributed by atoms with van der Waals surface area (Å²) in [5.74, 6) is 1.02. The lowest BCUT2D eigenvalue weighted by atomic mass is 10.1. The number of nitrogens with zero attached hydrogens (tertiary/aromatic N) is 1. The lowest BCUT2D eigenvalue weighted by Crippen LogP contribution is -1.96. The highest BCUT2D eigenvalue weighted by atomic mass is 14.9. The minimum atomic E-state index is 1.02. The average molecular weight is 199 g/mol. The van der Waals surface area contributed by atoms with Gasteiger partial charge < -0.3 is 4.57 Å². The second-order valence-corrected chi connectivity index (χ2v) is 4.75. The van der Waals surface area contributed by atoms with Crippen molar-refractivity contribution in [2.24, 2.45) is 5.92 Å². The summed E-state index contributed by atoms with van der Waals surface area (Å²) in [4.78, 5) is 0. The molecule has 0 N–H and O–H groups in total. The van der Waals surface area contributed by atoms with Crippen molar-refractivity contribution in [3.05, 3.63) is 36.0 Å². The van der Waals surface area contributed by atoms with Crippen LogP contribution in [0.4, 0.5) is 0 Å². The molecule has 0 bridgehead atoms. The van der Waals surface area contributed by atoms with E-state index in [0.29, 0.717) is 0 Å². The van der Waals surface area contributed by atoms with Crippen molar-refractivity contribution in [2.45, 2.75) is 32.7 Å². The number of fused-ring (bicyclic) bond motifs is 1. The smallest absolute Gasteiger partial charge is 0.0482 e. The van der Waals surface area contributed by atoms with Crippen LogP contribution in [-0.2, 0) is 6.54 Å². The molecule has 0 radical (unpaired) electrons.